The van der Waals surface area contributed by atoms with Crippen LogP contribution in [0.15, 0.2) is 41.3 Å². The molecule has 0 heterocycles. The van der Waals surface area contributed by atoms with E-state index in [9.17, 15) is 18.0 Å². The number of anilines is 1. The van der Waals surface area contributed by atoms with E-state index in [2.05, 4.69) is 10.6 Å². The Bertz CT molecular complexity index is 1090. The highest BCUT2D eigenvalue weighted by atomic mass is 35.5. The predicted octanol–water partition coefficient (Wildman–Crippen LogP) is 3.47. The maximum Gasteiger partial charge on any atom is 0.266 e. The van der Waals surface area contributed by atoms with Crippen LogP contribution in [0.3, 0.4) is 0 Å². The quantitative estimate of drug-likeness (QED) is 0.578. The second kappa shape index (κ2) is 10.2. The first-order chi connectivity index (χ1) is 14.5. The van der Waals surface area contributed by atoms with E-state index in [1.807, 2.05) is 13.8 Å². The molecule has 10 heteroatoms. The molecular formula is C21H26ClN3O5S. The summed E-state index contributed by atoms with van der Waals surface area (Å²) in [7, 11) is -1.60. The molecular weight excluding hydrogens is 442 g/mol. The lowest BCUT2D eigenvalue weighted by molar-refractivity contribution is -0.0258. The van der Waals surface area contributed by atoms with Crippen molar-refractivity contribution in [1.29, 1.82) is 0 Å². The molecule has 0 atom stereocenters. The van der Waals surface area contributed by atoms with Crippen molar-refractivity contribution in [3.8, 4) is 0 Å². The molecule has 168 valence electrons. The molecule has 31 heavy (non-hydrogen) atoms. The summed E-state index contributed by atoms with van der Waals surface area (Å²) < 4.78 is 25.7. The Labute approximate surface area is 187 Å². The van der Waals surface area contributed by atoms with Gasteiger partial charge in [-0.3, -0.25) is 14.4 Å². The minimum absolute atomic E-state index is 0.0339. The molecule has 2 aromatic carbocycles. The van der Waals surface area contributed by atoms with Crippen LogP contribution in [0.1, 0.15) is 40.1 Å². The van der Waals surface area contributed by atoms with Crippen molar-refractivity contribution >= 4 is 39.1 Å². The summed E-state index contributed by atoms with van der Waals surface area (Å²) in [6, 6.07) is 8.87. The number of hydrogen-bond donors (Lipinski definition) is 2. The van der Waals surface area contributed by atoms with Gasteiger partial charge in [0.25, 0.3) is 21.8 Å². The molecule has 0 fully saturated rings. The standard InChI is InChI=1S/C21H26ClN3O5S/c1-13(2)12-23-20(26)15-7-9-18(14(3)10-15)24-21(27)16-6-8-17(22)19(11-16)31(28,29)25(4)30-5/h6-11,13H,12H2,1-5H3,(H,23,26)(H,24,27). The molecule has 0 aliphatic heterocycles. The van der Waals surface area contributed by atoms with Crippen molar-refractivity contribution in [3.05, 3.63) is 58.1 Å². The van der Waals surface area contributed by atoms with E-state index in [4.69, 9.17) is 16.4 Å². The highest BCUT2D eigenvalue weighted by molar-refractivity contribution is 7.89. The molecule has 0 saturated heterocycles. The first-order valence-electron chi connectivity index (χ1n) is 9.50. The topological polar surface area (TPSA) is 105 Å². The summed E-state index contributed by atoms with van der Waals surface area (Å²) in [5.74, 6) is -0.377. The number of sulfonamides is 1. The van der Waals surface area contributed by atoms with E-state index in [-0.39, 0.29) is 21.4 Å². The zero-order valence-corrected chi connectivity index (χ0v) is 19.6. The Kier molecular flexibility index (Phi) is 8.19. The van der Waals surface area contributed by atoms with Gasteiger partial charge in [-0.25, -0.2) is 8.42 Å². The Morgan fingerprint density at radius 1 is 1.10 bits per heavy atom. The second-order valence-electron chi connectivity index (χ2n) is 7.33. The largest absolute Gasteiger partial charge is 0.352 e. The molecule has 0 aliphatic carbocycles. The Morgan fingerprint density at radius 3 is 2.29 bits per heavy atom. The van der Waals surface area contributed by atoms with Gasteiger partial charge in [-0.05, 0) is 54.8 Å². The average molecular weight is 468 g/mol. The molecule has 2 aromatic rings. The van der Waals surface area contributed by atoms with Crippen LogP contribution in [0.25, 0.3) is 0 Å². The normalized spacial score (nSPS) is 11.6. The van der Waals surface area contributed by atoms with Crippen molar-refractivity contribution in [1.82, 2.24) is 9.79 Å². The maximum absolute atomic E-state index is 12.7. The molecule has 8 nitrogen and oxygen atoms in total. The SMILES string of the molecule is CON(C)S(=O)(=O)c1cc(C(=O)Nc2ccc(C(=O)NCC(C)C)cc2C)ccc1Cl. The van der Waals surface area contributed by atoms with Crippen LogP contribution in [0.5, 0.6) is 0 Å². The monoisotopic (exact) mass is 467 g/mol. The van der Waals surface area contributed by atoms with Gasteiger partial charge in [0.1, 0.15) is 4.90 Å². The van der Waals surface area contributed by atoms with E-state index in [0.717, 1.165) is 0 Å². The zero-order valence-electron chi connectivity index (χ0n) is 18.0. The summed E-state index contributed by atoms with van der Waals surface area (Å²) in [6.07, 6.45) is 0. The molecule has 0 radical (unpaired) electrons. The molecule has 2 amide bonds. The smallest absolute Gasteiger partial charge is 0.266 e. The number of amides is 2. The van der Waals surface area contributed by atoms with Crippen molar-refractivity contribution in [3.63, 3.8) is 0 Å². The minimum atomic E-state index is -4.03. The van der Waals surface area contributed by atoms with Crippen molar-refractivity contribution in [2.45, 2.75) is 25.7 Å². The lowest BCUT2D eigenvalue weighted by Gasteiger charge is -2.16. The van der Waals surface area contributed by atoms with Gasteiger partial charge in [0, 0.05) is 30.4 Å². The van der Waals surface area contributed by atoms with Crippen LogP contribution in [0, 0.1) is 12.8 Å². The van der Waals surface area contributed by atoms with Gasteiger partial charge in [-0.1, -0.05) is 29.9 Å². The number of hydrogen-bond acceptors (Lipinski definition) is 5. The molecule has 2 rings (SSSR count). The summed E-state index contributed by atoms with van der Waals surface area (Å²) in [4.78, 5) is 29.4. The number of nitrogens with zero attached hydrogens (tertiary/aromatic N) is 1. The van der Waals surface area contributed by atoms with Crippen LogP contribution < -0.4 is 10.6 Å². The van der Waals surface area contributed by atoms with E-state index in [1.54, 1.807) is 25.1 Å². The number of hydroxylamine groups is 1. The third-order valence-electron chi connectivity index (χ3n) is 4.47. The lowest BCUT2D eigenvalue weighted by atomic mass is 10.1. The Morgan fingerprint density at radius 2 is 1.71 bits per heavy atom. The summed E-state index contributed by atoms with van der Waals surface area (Å²) in [6.45, 7) is 6.34. The molecule has 0 saturated carbocycles. The lowest BCUT2D eigenvalue weighted by Crippen LogP contribution is -2.27. The maximum atomic E-state index is 12.7. The van der Waals surface area contributed by atoms with Crippen molar-refractivity contribution in [2.24, 2.45) is 5.92 Å². The number of aryl methyl sites for hydroxylation is 1. The summed E-state index contributed by atoms with van der Waals surface area (Å²) in [5.41, 5.74) is 1.77. The van der Waals surface area contributed by atoms with Crippen LogP contribution in [0.4, 0.5) is 5.69 Å². The van der Waals surface area contributed by atoms with Gasteiger partial charge in [0.15, 0.2) is 0 Å². The van der Waals surface area contributed by atoms with Gasteiger partial charge in [0.05, 0.1) is 12.1 Å². The van der Waals surface area contributed by atoms with Crippen LogP contribution in [-0.2, 0) is 14.9 Å². The number of carbonyl (C=O) groups excluding carboxylic acids is 2. The van der Waals surface area contributed by atoms with Gasteiger partial charge in [0.2, 0.25) is 0 Å². The van der Waals surface area contributed by atoms with Crippen LogP contribution >= 0.6 is 11.6 Å². The van der Waals surface area contributed by atoms with Gasteiger partial charge in [-0.2, -0.15) is 0 Å². The molecule has 0 bridgehead atoms. The van der Waals surface area contributed by atoms with Crippen molar-refractivity contribution in [2.75, 3.05) is 26.0 Å². The van der Waals surface area contributed by atoms with E-state index >= 15 is 0 Å². The highest BCUT2D eigenvalue weighted by Crippen LogP contribution is 2.26. The fraction of sp³-hybridized carbons (Fsp3) is 0.333. The second-order valence-corrected chi connectivity index (χ2v) is 9.64. The first kappa shape index (κ1) is 24.8. The minimum Gasteiger partial charge on any atom is -0.352 e. The number of benzene rings is 2. The number of carbonyl (C=O) groups is 2. The Hall–Kier alpha value is -2.46. The fourth-order valence-electron chi connectivity index (χ4n) is 2.62. The van der Waals surface area contributed by atoms with E-state index in [0.29, 0.717) is 33.7 Å². The number of halogens is 1. The molecule has 0 unspecified atom stereocenters. The fourth-order valence-corrected chi connectivity index (χ4v) is 4.09. The zero-order chi connectivity index (χ0) is 23.3. The van der Waals surface area contributed by atoms with E-state index in [1.165, 1.54) is 32.4 Å². The molecule has 0 aliphatic rings. The summed E-state index contributed by atoms with van der Waals surface area (Å²) >= 11 is 6.03. The van der Waals surface area contributed by atoms with Crippen LogP contribution in [-0.4, -0.2) is 45.4 Å². The third-order valence-corrected chi connectivity index (χ3v) is 6.64. The molecule has 0 aromatic heterocycles. The number of rotatable bonds is 8. The van der Waals surface area contributed by atoms with Gasteiger partial charge >= 0.3 is 0 Å². The third kappa shape index (κ3) is 6.04. The highest BCUT2D eigenvalue weighted by Gasteiger charge is 2.25. The Balaban J connectivity index is 2.24. The van der Waals surface area contributed by atoms with Gasteiger partial charge in [-0.15, -0.1) is 0 Å². The predicted molar refractivity (Wildman–Crippen MR) is 120 cm³/mol. The molecule has 2 N–H and O–H groups in total. The van der Waals surface area contributed by atoms with Crippen LogP contribution in [0.2, 0.25) is 5.02 Å². The molecule has 0 spiro atoms. The van der Waals surface area contributed by atoms with Gasteiger partial charge < -0.3 is 10.6 Å². The number of nitrogens with one attached hydrogen (secondary N) is 2. The van der Waals surface area contributed by atoms with E-state index < -0.39 is 15.9 Å². The summed E-state index contributed by atoms with van der Waals surface area (Å²) in [5, 5.41) is 5.54. The average Bonchev–Trinajstić information content (AvgIpc) is 2.72. The van der Waals surface area contributed by atoms with Crippen molar-refractivity contribution < 1.29 is 22.8 Å². The first-order valence-corrected chi connectivity index (χ1v) is 11.3.